The standard InChI is InChI=1S/C19H18Cl2N2O3/c20-14-6-7-16(15(21)10-14)22-18(24)11-17-19(25)26-9-8-23(17)12-13-4-2-1-3-5-13/h1-7,10,17H,8-9,11-12H2,(H,22,24)/t17-/m0/s1. The van der Waals surface area contributed by atoms with Gasteiger partial charge in [0.15, 0.2) is 0 Å². The Morgan fingerprint density at radius 3 is 2.69 bits per heavy atom. The van der Waals surface area contributed by atoms with E-state index in [4.69, 9.17) is 27.9 Å². The SMILES string of the molecule is O=C(C[C@H]1C(=O)OCCN1Cc1ccccc1)Nc1ccc(Cl)cc1Cl. The number of nitrogens with one attached hydrogen (secondary N) is 1. The van der Waals surface area contributed by atoms with Crippen LogP contribution in [-0.4, -0.2) is 36.0 Å². The highest BCUT2D eigenvalue weighted by Gasteiger charge is 2.33. The average Bonchev–Trinajstić information content (AvgIpc) is 2.61. The molecule has 5 nitrogen and oxygen atoms in total. The number of carbonyl (C=O) groups excluding carboxylic acids is 2. The van der Waals surface area contributed by atoms with Crippen LogP contribution in [0.3, 0.4) is 0 Å². The van der Waals surface area contributed by atoms with Crippen LogP contribution in [0.5, 0.6) is 0 Å². The van der Waals surface area contributed by atoms with Gasteiger partial charge in [0.2, 0.25) is 5.91 Å². The third kappa shape index (κ3) is 4.75. The van der Waals surface area contributed by atoms with E-state index in [0.29, 0.717) is 35.4 Å². The predicted molar refractivity (Wildman–Crippen MR) is 101 cm³/mol. The Morgan fingerprint density at radius 1 is 1.19 bits per heavy atom. The maximum atomic E-state index is 12.4. The molecule has 1 saturated heterocycles. The smallest absolute Gasteiger partial charge is 0.323 e. The molecule has 26 heavy (non-hydrogen) atoms. The minimum Gasteiger partial charge on any atom is -0.463 e. The molecule has 2 aromatic carbocycles. The van der Waals surface area contributed by atoms with E-state index < -0.39 is 6.04 Å². The van der Waals surface area contributed by atoms with Crippen molar-refractivity contribution in [3.8, 4) is 0 Å². The fourth-order valence-corrected chi connectivity index (χ4v) is 3.31. The minimum atomic E-state index is -0.630. The van der Waals surface area contributed by atoms with Crippen molar-refractivity contribution in [2.75, 3.05) is 18.5 Å². The zero-order valence-corrected chi connectivity index (χ0v) is 15.5. The summed E-state index contributed by atoms with van der Waals surface area (Å²) in [6.45, 7) is 1.49. The highest BCUT2D eigenvalue weighted by molar-refractivity contribution is 6.36. The van der Waals surface area contributed by atoms with Gasteiger partial charge in [-0.2, -0.15) is 0 Å². The second-order valence-electron chi connectivity index (χ2n) is 6.02. The van der Waals surface area contributed by atoms with Crippen molar-refractivity contribution in [2.45, 2.75) is 19.0 Å². The van der Waals surface area contributed by atoms with E-state index in [1.54, 1.807) is 18.2 Å². The molecule has 2 aromatic rings. The quantitative estimate of drug-likeness (QED) is 0.787. The molecule has 0 spiro atoms. The maximum Gasteiger partial charge on any atom is 0.323 e. The molecular formula is C19H18Cl2N2O3. The second kappa shape index (κ2) is 8.54. The first-order valence-corrected chi connectivity index (χ1v) is 8.98. The zero-order valence-electron chi connectivity index (χ0n) is 14.0. The number of carbonyl (C=O) groups is 2. The molecular weight excluding hydrogens is 375 g/mol. The number of anilines is 1. The molecule has 1 aliphatic heterocycles. The van der Waals surface area contributed by atoms with Crippen LogP contribution in [-0.2, 0) is 20.9 Å². The lowest BCUT2D eigenvalue weighted by molar-refractivity contribution is -0.159. The Balaban J connectivity index is 1.68. The summed E-state index contributed by atoms with van der Waals surface area (Å²) in [6, 6.07) is 14.0. The van der Waals surface area contributed by atoms with Crippen LogP contribution in [0.15, 0.2) is 48.5 Å². The van der Waals surface area contributed by atoms with Gasteiger partial charge in [-0.05, 0) is 23.8 Å². The molecule has 136 valence electrons. The lowest BCUT2D eigenvalue weighted by atomic mass is 10.1. The number of halogens is 2. The summed E-state index contributed by atoms with van der Waals surface area (Å²) in [5, 5.41) is 3.56. The van der Waals surface area contributed by atoms with Crippen molar-refractivity contribution >= 4 is 40.8 Å². The third-order valence-corrected chi connectivity index (χ3v) is 4.70. The Labute approximate surface area is 161 Å². The third-order valence-electron chi connectivity index (χ3n) is 4.15. The molecule has 7 heteroatoms. The van der Waals surface area contributed by atoms with Crippen LogP contribution in [0.4, 0.5) is 5.69 Å². The molecule has 1 aliphatic rings. The molecule has 1 atom stereocenters. The zero-order chi connectivity index (χ0) is 18.5. The van der Waals surface area contributed by atoms with Gasteiger partial charge in [-0.3, -0.25) is 14.5 Å². The van der Waals surface area contributed by atoms with Gasteiger partial charge in [-0.25, -0.2) is 0 Å². The van der Waals surface area contributed by atoms with Crippen LogP contribution in [0.1, 0.15) is 12.0 Å². The Kier molecular flexibility index (Phi) is 6.14. The predicted octanol–water partition coefficient (Wildman–Crippen LogP) is 3.75. The first-order chi connectivity index (χ1) is 12.5. The Morgan fingerprint density at radius 2 is 1.96 bits per heavy atom. The summed E-state index contributed by atoms with van der Waals surface area (Å²) in [7, 11) is 0. The molecule has 1 N–H and O–H groups in total. The lowest BCUT2D eigenvalue weighted by Gasteiger charge is -2.33. The molecule has 0 aliphatic carbocycles. The molecule has 0 unspecified atom stereocenters. The van der Waals surface area contributed by atoms with E-state index in [0.717, 1.165) is 5.56 Å². The van der Waals surface area contributed by atoms with Gasteiger partial charge in [0.25, 0.3) is 0 Å². The number of ether oxygens (including phenoxy) is 1. The van der Waals surface area contributed by atoms with Crippen molar-refractivity contribution in [3.63, 3.8) is 0 Å². The molecule has 1 amide bonds. The van der Waals surface area contributed by atoms with Gasteiger partial charge in [0.1, 0.15) is 12.6 Å². The molecule has 0 bridgehead atoms. The van der Waals surface area contributed by atoms with Gasteiger partial charge in [-0.15, -0.1) is 0 Å². The number of nitrogens with zero attached hydrogens (tertiary/aromatic N) is 1. The van der Waals surface area contributed by atoms with Gasteiger partial charge >= 0.3 is 5.97 Å². The van der Waals surface area contributed by atoms with Crippen LogP contribution in [0, 0.1) is 0 Å². The first-order valence-electron chi connectivity index (χ1n) is 8.22. The minimum absolute atomic E-state index is 0.00930. The van der Waals surface area contributed by atoms with E-state index >= 15 is 0 Å². The summed E-state index contributed by atoms with van der Waals surface area (Å²) in [6.07, 6.45) is -0.00930. The molecule has 1 heterocycles. The topological polar surface area (TPSA) is 58.6 Å². The van der Waals surface area contributed by atoms with Gasteiger partial charge in [0.05, 0.1) is 17.1 Å². The number of morpholine rings is 1. The second-order valence-corrected chi connectivity index (χ2v) is 6.86. The van der Waals surface area contributed by atoms with E-state index in [1.165, 1.54) is 0 Å². The number of hydrogen-bond acceptors (Lipinski definition) is 4. The molecule has 3 rings (SSSR count). The fourth-order valence-electron chi connectivity index (χ4n) is 2.85. The number of amides is 1. The van der Waals surface area contributed by atoms with Crippen LogP contribution in [0.25, 0.3) is 0 Å². The summed E-state index contributed by atoms with van der Waals surface area (Å²) in [5.41, 5.74) is 1.54. The molecule has 1 fully saturated rings. The van der Waals surface area contributed by atoms with Crippen LogP contribution >= 0.6 is 23.2 Å². The van der Waals surface area contributed by atoms with E-state index in [1.807, 2.05) is 35.2 Å². The normalized spacial score (nSPS) is 17.6. The van der Waals surface area contributed by atoms with Crippen LogP contribution < -0.4 is 5.32 Å². The number of cyclic esters (lactones) is 1. The summed E-state index contributed by atoms with van der Waals surface area (Å²) < 4.78 is 5.14. The van der Waals surface area contributed by atoms with E-state index in [9.17, 15) is 9.59 Å². The Bertz CT molecular complexity index is 799. The number of benzene rings is 2. The Hall–Kier alpha value is -2.08. The van der Waals surface area contributed by atoms with Crippen molar-refractivity contribution < 1.29 is 14.3 Å². The van der Waals surface area contributed by atoms with Crippen molar-refractivity contribution in [2.24, 2.45) is 0 Å². The van der Waals surface area contributed by atoms with Gasteiger partial charge < -0.3 is 10.1 Å². The highest BCUT2D eigenvalue weighted by Crippen LogP contribution is 2.26. The van der Waals surface area contributed by atoms with Crippen LogP contribution in [0.2, 0.25) is 10.0 Å². The van der Waals surface area contributed by atoms with E-state index in [-0.39, 0.29) is 18.3 Å². The van der Waals surface area contributed by atoms with Crippen molar-refractivity contribution in [1.82, 2.24) is 4.90 Å². The van der Waals surface area contributed by atoms with Crippen molar-refractivity contribution in [3.05, 3.63) is 64.1 Å². The first kappa shape index (κ1) is 18.7. The number of rotatable bonds is 5. The largest absolute Gasteiger partial charge is 0.463 e. The molecule has 0 radical (unpaired) electrons. The summed E-state index contributed by atoms with van der Waals surface area (Å²) >= 11 is 11.9. The lowest BCUT2D eigenvalue weighted by Crippen LogP contribution is -2.49. The number of esters is 1. The summed E-state index contributed by atoms with van der Waals surface area (Å²) in [5.74, 6) is -0.694. The fraction of sp³-hybridized carbons (Fsp3) is 0.263. The maximum absolute atomic E-state index is 12.4. The van der Waals surface area contributed by atoms with Crippen molar-refractivity contribution in [1.29, 1.82) is 0 Å². The highest BCUT2D eigenvalue weighted by atomic mass is 35.5. The van der Waals surface area contributed by atoms with Gasteiger partial charge in [-0.1, -0.05) is 53.5 Å². The summed E-state index contributed by atoms with van der Waals surface area (Å²) in [4.78, 5) is 26.6. The molecule has 0 saturated carbocycles. The number of hydrogen-bond donors (Lipinski definition) is 1. The monoisotopic (exact) mass is 392 g/mol. The molecule has 0 aromatic heterocycles. The van der Waals surface area contributed by atoms with Gasteiger partial charge in [0, 0.05) is 18.1 Å². The van der Waals surface area contributed by atoms with E-state index in [2.05, 4.69) is 5.32 Å². The average molecular weight is 393 g/mol.